The van der Waals surface area contributed by atoms with Gasteiger partial charge in [0.05, 0.1) is 12.3 Å². The smallest absolute Gasteiger partial charge is 0.0784 e. The van der Waals surface area contributed by atoms with Gasteiger partial charge in [-0.3, -0.25) is 4.98 Å². The highest BCUT2D eigenvalue weighted by Crippen LogP contribution is 2.35. The Labute approximate surface area is 131 Å². The summed E-state index contributed by atoms with van der Waals surface area (Å²) in [4.78, 5) is 4.59. The molecule has 1 heterocycles. The van der Waals surface area contributed by atoms with Crippen molar-refractivity contribution < 1.29 is 5.11 Å². The van der Waals surface area contributed by atoms with Crippen molar-refractivity contribution in [1.82, 2.24) is 4.98 Å². The maximum Gasteiger partial charge on any atom is 0.0784 e. The summed E-state index contributed by atoms with van der Waals surface area (Å²) in [6.07, 6.45) is 1.77. The average molecular weight is 289 g/mol. The number of aliphatic hydroxyl groups is 1. The van der Waals surface area contributed by atoms with Gasteiger partial charge in [-0.25, -0.2) is 0 Å². The van der Waals surface area contributed by atoms with Crippen molar-refractivity contribution in [2.45, 2.75) is 20.5 Å². The third-order valence-electron chi connectivity index (χ3n) is 4.13. The predicted molar refractivity (Wildman–Crippen MR) is 90.5 cm³/mol. The molecule has 2 aromatic carbocycles. The minimum Gasteiger partial charge on any atom is -0.392 e. The van der Waals surface area contributed by atoms with E-state index in [1.807, 2.05) is 24.3 Å². The van der Waals surface area contributed by atoms with Crippen molar-refractivity contribution in [1.29, 1.82) is 0 Å². The summed E-state index contributed by atoms with van der Waals surface area (Å²) in [5.74, 6) is 0. The maximum atomic E-state index is 9.78. The molecule has 1 N–H and O–H groups in total. The van der Waals surface area contributed by atoms with Gasteiger partial charge in [0.1, 0.15) is 0 Å². The Bertz CT molecular complexity index is 794. The molecule has 0 unspecified atom stereocenters. The molecule has 0 saturated heterocycles. The molecule has 22 heavy (non-hydrogen) atoms. The van der Waals surface area contributed by atoms with E-state index in [4.69, 9.17) is 0 Å². The molecule has 0 aliphatic rings. The zero-order valence-electron chi connectivity index (χ0n) is 12.9. The second kappa shape index (κ2) is 6.12. The standard InChI is InChI=1S/C20H19NO/c1-14-7-6-10-18(15(14)2)19-17(13-22)11-12-21-20(19)16-8-4-3-5-9-16/h3-12,22H,13H2,1-2H3. The Balaban J connectivity index is 2.32. The summed E-state index contributed by atoms with van der Waals surface area (Å²) in [7, 11) is 0. The summed E-state index contributed by atoms with van der Waals surface area (Å²) in [5.41, 5.74) is 7.51. The average Bonchev–Trinajstić information content (AvgIpc) is 2.57. The van der Waals surface area contributed by atoms with E-state index in [1.54, 1.807) is 6.20 Å². The Morgan fingerprint density at radius 1 is 0.909 bits per heavy atom. The number of aromatic nitrogens is 1. The van der Waals surface area contributed by atoms with Crippen LogP contribution in [0.25, 0.3) is 22.4 Å². The van der Waals surface area contributed by atoms with Gasteiger partial charge in [-0.05, 0) is 42.2 Å². The van der Waals surface area contributed by atoms with Crippen molar-refractivity contribution in [3.8, 4) is 22.4 Å². The van der Waals surface area contributed by atoms with Crippen molar-refractivity contribution in [2.75, 3.05) is 0 Å². The fourth-order valence-corrected chi connectivity index (χ4v) is 2.77. The van der Waals surface area contributed by atoms with E-state index in [9.17, 15) is 5.11 Å². The van der Waals surface area contributed by atoms with Crippen molar-refractivity contribution in [2.24, 2.45) is 0 Å². The van der Waals surface area contributed by atoms with E-state index >= 15 is 0 Å². The van der Waals surface area contributed by atoms with E-state index in [0.717, 1.165) is 27.9 Å². The molecular weight excluding hydrogens is 270 g/mol. The van der Waals surface area contributed by atoms with E-state index in [0.29, 0.717) is 0 Å². The highest BCUT2D eigenvalue weighted by atomic mass is 16.3. The lowest BCUT2D eigenvalue weighted by atomic mass is 9.90. The van der Waals surface area contributed by atoms with E-state index in [2.05, 4.69) is 49.2 Å². The van der Waals surface area contributed by atoms with Gasteiger partial charge in [0.15, 0.2) is 0 Å². The van der Waals surface area contributed by atoms with Crippen LogP contribution in [-0.4, -0.2) is 10.1 Å². The quantitative estimate of drug-likeness (QED) is 0.768. The summed E-state index contributed by atoms with van der Waals surface area (Å²) < 4.78 is 0. The van der Waals surface area contributed by atoms with Crippen LogP contribution in [0, 0.1) is 13.8 Å². The van der Waals surface area contributed by atoms with Gasteiger partial charge in [0.25, 0.3) is 0 Å². The minimum atomic E-state index is 0.00503. The molecule has 1 aromatic heterocycles. The first-order valence-corrected chi connectivity index (χ1v) is 7.43. The third-order valence-corrected chi connectivity index (χ3v) is 4.13. The molecule has 2 nitrogen and oxygen atoms in total. The lowest BCUT2D eigenvalue weighted by Gasteiger charge is -2.16. The molecule has 0 aliphatic heterocycles. The molecule has 0 bridgehead atoms. The van der Waals surface area contributed by atoms with Crippen LogP contribution in [0.5, 0.6) is 0 Å². The fraction of sp³-hybridized carbons (Fsp3) is 0.150. The predicted octanol–water partition coefficient (Wildman–Crippen LogP) is 4.52. The zero-order chi connectivity index (χ0) is 15.5. The van der Waals surface area contributed by atoms with Gasteiger partial charge in [0.2, 0.25) is 0 Å². The highest BCUT2D eigenvalue weighted by Gasteiger charge is 2.15. The number of hydrogen-bond acceptors (Lipinski definition) is 2. The maximum absolute atomic E-state index is 9.78. The molecular formula is C20H19NO. The number of rotatable bonds is 3. The molecule has 0 amide bonds. The monoisotopic (exact) mass is 289 g/mol. The molecule has 3 rings (SSSR count). The first kappa shape index (κ1) is 14.5. The van der Waals surface area contributed by atoms with Gasteiger partial charge in [-0.2, -0.15) is 0 Å². The van der Waals surface area contributed by atoms with Crippen molar-refractivity contribution in [3.63, 3.8) is 0 Å². The first-order chi connectivity index (χ1) is 10.7. The summed E-state index contributed by atoms with van der Waals surface area (Å²) >= 11 is 0. The summed E-state index contributed by atoms with van der Waals surface area (Å²) in [6, 6.07) is 18.3. The van der Waals surface area contributed by atoms with Crippen molar-refractivity contribution >= 4 is 0 Å². The van der Waals surface area contributed by atoms with Crippen LogP contribution in [0.1, 0.15) is 16.7 Å². The zero-order valence-corrected chi connectivity index (χ0v) is 12.9. The van der Waals surface area contributed by atoms with Gasteiger partial charge in [-0.15, -0.1) is 0 Å². The Morgan fingerprint density at radius 3 is 2.41 bits per heavy atom. The van der Waals surface area contributed by atoms with E-state index in [-0.39, 0.29) is 6.61 Å². The van der Waals surface area contributed by atoms with Crippen LogP contribution >= 0.6 is 0 Å². The van der Waals surface area contributed by atoms with Crippen LogP contribution in [0.15, 0.2) is 60.8 Å². The third kappa shape index (κ3) is 2.53. The van der Waals surface area contributed by atoms with Gasteiger partial charge < -0.3 is 5.11 Å². The van der Waals surface area contributed by atoms with Crippen LogP contribution < -0.4 is 0 Å². The van der Waals surface area contributed by atoms with E-state index in [1.165, 1.54) is 11.1 Å². The number of pyridine rings is 1. The Kier molecular flexibility index (Phi) is 4.03. The first-order valence-electron chi connectivity index (χ1n) is 7.43. The molecule has 3 aromatic rings. The molecule has 0 atom stereocenters. The van der Waals surface area contributed by atoms with E-state index < -0.39 is 0 Å². The summed E-state index contributed by atoms with van der Waals surface area (Å²) in [6.45, 7) is 4.23. The van der Waals surface area contributed by atoms with Gasteiger partial charge in [-0.1, -0.05) is 48.5 Å². The van der Waals surface area contributed by atoms with Crippen LogP contribution in [0.4, 0.5) is 0 Å². The lowest BCUT2D eigenvalue weighted by molar-refractivity contribution is 0.282. The largest absolute Gasteiger partial charge is 0.392 e. The minimum absolute atomic E-state index is 0.00503. The molecule has 0 spiro atoms. The normalized spacial score (nSPS) is 10.7. The molecule has 0 aliphatic carbocycles. The number of nitrogens with zero attached hydrogens (tertiary/aromatic N) is 1. The molecule has 2 heteroatoms. The molecule has 110 valence electrons. The SMILES string of the molecule is Cc1cccc(-c2c(CO)ccnc2-c2ccccc2)c1C. The highest BCUT2D eigenvalue weighted by molar-refractivity contribution is 5.84. The Morgan fingerprint density at radius 2 is 1.68 bits per heavy atom. The van der Waals surface area contributed by atoms with Crippen LogP contribution in [0.2, 0.25) is 0 Å². The number of aryl methyl sites for hydroxylation is 1. The van der Waals surface area contributed by atoms with Crippen LogP contribution in [-0.2, 0) is 6.61 Å². The fourth-order valence-electron chi connectivity index (χ4n) is 2.77. The molecule has 0 fully saturated rings. The van der Waals surface area contributed by atoms with Crippen LogP contribution in [0.3, 0.4) is 0 Å². The van der Waals surface area contributed by atoms with Crippen molar-refractivity contribution in [3.05, 3.63) is 77.5 Å². The number of aliphatic hydroxyl groups excluding tert-OH is 1. The second-order valence-corrected chi connectivity index (χ2v) is 5.47. The Hall–Kier alpha value is -2.45. The number of hydrogen-bond donors (Lipinski definition) is 1. The second-order valence-electron chi connectivity index (χ2n) is 5.47. The summed E-state index contributed by atoms with van der Waals surface area (Å²) in [5, 5.41) is 9.78. The van der Waals surface area contributed by atoms with Gasteiger partial charge in [0, 0.05) is 17.3 Å². The molecule has 0 radical (unpaired) electrons. The number of benzene rings is 2. The van der Waals surface area contributed by atoms with Gasteiger partial charge >= 0.3 is 0 Å². The lowest BCUT2D eigenvalue weighted by Crippen LogP contribution is -1.98. The topological polar surface area (TPSA) is 33.1 Å². The molecule has 0 saturated carbocycles.